The van der Waals surface area contributed by atoms with Gasteiger partial charge in [-0.2, -0.15) is 21.6 Å². The molecule has 0 bridgehead atoms. The van der Waals surface area contributed by atoms with Gasteiger partial charge in [0, 0.05) is 12.5 Å². The first-order valence-electron chi connectivity index (χ1n) is 6.57. The number of hydrogen-bond donors (Lipinski definition) is 0. The molecule has 0 N–H and O–H groups in total. The Morgan fingerprint density at radius 1 is 1.26 bits per heavy atom. The summed E-state index contributed by atoms with van der Waals surface area (Å²) >= 11 is 0. The highest BCUT2D eigenvalue weighted by Crippen LogP contribution is 2.32. The number of ether oxygens (including phenoxy) is 1. The highest BCUT2D eigenvalue weighted by Gasteiger charge is 2.49. The molecule has 0 radical (unpaired) electrons. The van der Waals surface area contributed by atoms with Gasteiger partial charge in [-0.25, -0.2) is 4.79 Å². The molecule has 0 spiro atoms. The molecular formula is C13H18F3NO5S. The molecule has 23 heavy (non-hydrogen) atoms. The summed E-state index contributed by atoms with van der Waals surface area (Å²) in [6, 6.07) is 0. The minimum Gasteiger partial charge on any atom is -0.455 e. The van der Waals surface area contributed by atoms with E-state index in [-0.39, 0.29) is 12.1 Å². The third-order valence-electron chi connectivity index (χ3n) is 2.44. The molecule has 0 aliphatic carbocycles. The summed E-state index contributed by atoms with van der Waals surface area (Å²) in [6.45, 7) is 7.86. The van der Waals surface area contributed by atoms with Crippen LogP contribution in [0.15, 0.2) is 16.8 Å². The SMILES string of the molecule is CC1(C)CC(OS(=O)(=O)C(F)(F)F)=CC(C(=O)OC(C)(C)C)=N1. The molecule has 1 aliphatic heterocycles. The van der Waals surface area contributed by atoms with Gasteiger partial charge in [-0.05, 0) is 34.6 Å². The Labute approximate surface area is 132 Å². The maximum absolute atomic E-state index is 12.4. The van der Waals surface area contributed by atoms with Gasteiger partial charge in [0.1, 0.15) is 17.1 Å². The van der Waals surface area contributed by atoms with Gasteiger partial charge in [-0.3, -0.25) is 4.99 Å². The maximum Gasteiger partial charge on any atom is 0.534 e. The Hall–Kier alpha value is -1.58. The van der Waals surface area contributed by atoms with E-state index in [0.717, 1.165) is 6.08 Å². The van der Waals surface area contributed by atoms with Crippen molar-refractivity contribution in [2.45, 2.75) is 57.7 Å². The lowest BCUT2D eigenvalue weighted by Gasteiger charge is -2.27. The van der Waals surface area contributed by atoms with E-state index in [9.17, 15) is 26.4 Å². The molecule has 0 atom stereocenters. The zero-order valence-electron chi connectivity index (χ0n) is 13.3. The van der Waals surface area contributed by atoms with Crippen molar-refractivity contribution in [3.05, 3.63) is 11.8 Å². The number of carbonyl (C=O) groups is 1. The quantitative estimate of drug-likeness (QED) is 0.441. The van der Waals surface area contributed by atoms with Crippen LogP contribution in [0.4, 0.5) is 13.2 Å². The Morgan fingerprint density at radius 2 is 1.78 bits per heavy atom. The third-order valence-corrected chi connectivity index (χ3v) is 3.44. The van der Waals surface area contributed by atoms with Crippen molar-refractivity contribution in [1.29, 1.82) is 0 Å². The monoisotopic (exact) mass is 357 g/mol. The molecule has 0 fully saturated rings. The summed E-state index contributed by atoms with van der Waals surface area (Å²) in [6.07, 6.45) is 0.636. The van der Waals surface area contributed by atoms with E-state index in [1.807, 2.05) is 0 Å². The molecular weight excluding hydrogens is 339 g/mol. The molecule has 0 unspecified atom stereocenters. The first kappa shape index (κ1) is 19.5. The third kappa shape index (κ3) is 5.52. The van der Waals surface area contributed by atoms with Gasteiger partial charge in [0.2, 0.25) is 0 Å². The first-order chi connectivity index (χ1) is 10.0. The van der Waals surface area contributed by atoms with Crippen LogP contribution in [-0.4, -0.2) is 36.7 Å². The molecule has 0 aromatic rings. The van der Waals surface area contributed by atoms with Gasteiger partial charge in [-0.1, -0.05) is 0 Å². The zero-order chi connectivity index (χ0) is 18.3. The maximum atomic E-state index is 12.4. The number of esters is 1. The van der Waals surface area contributed by atoms with E-state index in [1.54, 1.807) is 20.8 Å². The zero-order valence-corrected chi connectivity index (χ0v) is 14.1. The minimum absolute atomic E-state index is 0.214. The molecule has 0 saturated heterocycles. The van der Waals surface area contributed by atoms with Crippen LogP contribution in [0.3, 0.4) is 0 Å². The topological polar surface area (TPSA) is 82.0 Å². The van der Waals surface area contributed by atoms with Crippen LogP contribution in [0.25, 0.3) is 0 Å². The van der Waals surface area contributed by atoms with Gasteiger partial charge in [-0.15, -0.1) is 0 Å². The van der Waals surface area contributed by atoms with Crippen molar-refractivity contribution in [2.75, 3.05) is 0 Å². The number of aliphatic imine (C=N–C) groups is 1. The lowest BCUT2D eigenvalue weighted by atomic mass is 9.96. The molecule has 0 aromatic heterocycles. The van der Waals surface area contributed by atoms with E-state index in [0.29, 0.717) is 0 Å². The van der Waals surface area contributed by atoms with Crippen molar-refractivity contribution in [1.82, 2.24) is 0 Å². The van der Waals surface area contributed by atoms with E-state index in [2.05, 4.69) is 9.18 Å². The molecule has 10 heteroatoms. The van der Waals surface area contributed by atoms with Crippen LogP contribution in [0.1, 0.15) is 41.0 Å². The standard InChI is InChI=1S/C13H18F3NO5S/c1-11(2,3)21-10(18)9-6-8(7-12(4,5)17-9)22-23(19,20)13(14,15)16/h6H,7H2,1-5H3. The molecule has 0 aromatic carbocycles. The molecule has 1 aliphatic rings. The molecule has 1 rings (SSSR count). The Bertz CT molecular complexity index is 654. The first-order valence-corrected chi connectivity index (χ1v) is 7.98. The molecule has 132 valence electrons. The highest BCUT2D eigenvalue weighted by atomic mass is 32.2. The average Bonchev–Trinajstić information content (AvgIpc) is 2.21. The van der Waals surface area contributed by atoms with E-state index in [1.165, 1.54) is 13.8 Å². The molecule has 6 nitrogen and oxygen atoms in total. The Kier molecular flexibility index (Phi) is 4.91. The fraction of sp³-hybridized carbons (Fsp3) is 0.692. The number of dihydropyridines is 1. The molecule has 0 saturated carbocycles. The highest BCUT2D eigenvalue weighted by molar-refractivity contribution is 7.87. The number of rotatable bonds is 3. The lowest BCUT2D eigenvalue weighted by molar-refractivity contribution is -0.146. The summed E-state index contributed by atoms with van der Waals surface area (Å²) in [5, 5.41) is 0. The smallest absolute Gasteiger partial charge is 0.455 e. The second-order valence-corrected chi connectivity index (χ2v) is 8.12. The van der Waals surface area contributed by atoms with Gasteiger partial charge in [0.05, 0.1) is 5.54 Å². The van der Waals surface area contributed by atoms with Crippen molar-refractivity contribution < 1.29 is 35.3 Å². The predicted octanol–water partition coefficient (Wildman–Crippen LogP) is 2.70. The second-order valence-electron chi connectivity index (χ2n) is 6.58. The van der Waals surface area contributed by atoms with Crippen LogP contribution in [0.5, 0.6) is 0 Å². The Morgan fingerprint density at radius 3 is 2.22 bits per heavy atom. The van der Waals surface area contributed by atoms with Crippen molar-refractivity contribution >= 4 is 21.8 Å². The number of hydrogen-bond acceptors (Lipinski definition) is 6. The van der Waals surface area contributed by atoms with E-state index >= 15 is 0 Å². The van der Waals surface area contributed by atoms with Gasteiger partial charge < -0.3 is 8.92 Å². The van der Waals surface area contributed by atoms with Gasteiger partial charge in [0.25, 0.3) is 0 Å². The van der Waals surface area contributed by atoms with Crippen LogP contribution in [-0.2, 0) is 23.8 Å². The Balaban J connectivity index is 3.12. The summed E-state index contributed by atoms with van der Waals surface area (Å²) in [5.41, 5.74) is -7.71. The van der Waals surface area contributed by atoms with E-state index < -0.39 is 38.5 Å². The molecule has 1 heterocycles. The van der Waals surface area contributed by atoms with Gasteiger partial charge in [0.15, 0.2) is 0 Å². The second kappa shape index (κ2) is 5.81. The predicted molar refractivity (Wildman–Crippen MR) is 76.1 cm³/mol. The van der Waals surface area contributed by atoms with Crippen LogP contribution in [0.2, 0.25) is 0 Å². The summed E-state index contributed by atoms with van der Waals surface area (Å²) < 4.78 is 68.6. The fourth-order valence-electron chi connectivity index (χ4n) is 1.70. The minimum atomic E-state index is -5.81. The largest absolute Gasteiger partial charge is 0.534 e. The van der Waals surface area contributed by atoms with Crippen molar-refractivity contribution in [3.8, 4) is 0 Å². The fourth-order valence-corrected chi connectivity index (χ4v) is 2.19. The summed E-state index contributed by atoms with van der Waals surface area (Å²) in [7, 11) is -5.81. The number of carbonyl (C=O) groups excluding carboxylic acids is 1. The van der Waals surface area contributed by atoms with Crippen molar-refractivity contribution in [2.24, 2.45) is 4.99 Å². The number of nitrogens with zero attached hydrogens (tertiary/aromatic N) is 1. The average molecular weight is 357 g/mol. The van der Waals surface area contributed by atoms with E-state index in [4.69, 9.17) is 4.74 Å². The van der Waals surface area contributed by atoms with Gasteiger partial charge >= 0.3 is 21.6 Å². The van der Waals surface area contributed by atoms with Crippen LogP contribution in [0, 0.1) is 0 Å². The number of halogens is 3. The normalized spacial score (nSPS) is 18.8. The van der Waals surface area contributed by atoms with Crippen molar-refractivity contribution in [3.63, 3.8) is 0 Å². The summed E-state index contributed by atoms with van der Waals surface area (Å²) in [4.78, 5) is 16.0. The summed E-state index contributed by atoms with van der Waals surface area (Å²) in [5.74, 6) is -1.40. The number of alkyl halides is 3. The molecule has 0 amide bonds. The lowest BCUT2D eigenvalue weighted by Crippen LogP contribution is -2.34. The van der Waals surface area contributed by atoms with Crippen LogP contribution < -0.4 is 0 Å². The van der Waals surface area contributed by atoms with Crippen LogP contribution >= 0.6 is 0 Å².